The third kappa shape index (κ3) is 4.59. The van der Waals surface area contributed by atoms with Crippen molar-refractivity contribution in [2.24, 2.45) is 0 Å². The van der Waals surface area contributed by atoms with E-state index in [9.17, 15) is 24.8 Å². The first-order valence-corrected chi connectivity index (χ1v) is 11.9. The molecular weight excluding hydrogens is 458 g/mol. The molecule has 2 N–H and O–H groups in total. The second-order valence-corrected chi connectivity index (χ2v) is 9.32. The van der Waals surface area contributed by atoms with Gasteiger partial charge in [0.05, 0.1) is 17.6 Å². The molecule has 1 heterocycles. The Labute approximate surface area is 209 Å². The average Bonchev–Trinajstić information content (AvgIpc) is 3.22. The molecule has 1 aliphatic rings. The number of nitrogens with one attached hydrogen (secondary N) is 1. The van der Waals surface area contributed by atoms with Crippen LogP contribution in [0.15, 0.2) is 78.9 Å². The molecule has 8 nitrogen and oxygen atoms in total. The lowest BCUT2D eigenvalue weighted by atomic mass is 9.70. The Balaban J connectivity index is 1.86. The van der Waals surface area contributed by atoms with Crippen molar-refractivity contribution in [3.05, 3.63) is 111 Å². The van der Waals surface area contributed by atoms with Crippen LogP contribution in [0.4, 0.5) is 5.69 Å². The molecule has 0 bridgehead atoms. The minimum absolute atomic E-state index is 0.0734. The van der Waals surface area contributed by atoms with Gasteiger partial charge in [0.25, 0.3) is 5.69 Å². The van der Waals surface area contributed by atoms with Gasteiger partial charge in [-0.25, -0.2) is 0 Å². The maximum absolute atomic E-state index is 14.1. The highest BCUT2D eigenvalue weighted by Gasteiger charge is 2.58. The normalized spacial score (nSPS) is 19.5. The Morgan fingerprint density at radius 3 is 2.25 bits per heavy atom. The van der Waals surface area contributed by atoms with Crippen molar-refractivity contribution in [1.82, 2.24) is 10.2 Å². The van der Waals surface area contributed by atoms with Crippen LogP contribution in [0.1, 0.15) is 48.6 Å². The Kier molecular flexibility index (Phi) is 7.17. The molecule has 0 saturated carbocycles. The van der Waals surface area contributed by atoms with Crippen molar-refractivity contribution in [3.8, 4) is 0 Å². The van der Waals surface area contributed by atoms with Gasteiger partial charge in [0, 0.05) is 31.1 Å². The Morgan fingerprint density at radius 2 is 1.69 bits per heavy atom. The highest BCUT2D eigenvalue weighted by molar-refractivity contribution is 5.98. The van der Waals surface area contributed by atoms with Crippen molar-refractivity contribution in [2.45, 2.75) is 50.9 Å². The van der Waals surface area contributed by atoms with Gasteiger partial charge in [-0.15, -0.1) is 0 Å². The quantitative estimate of drug-likeness (QED) is 0.368. The molecule has 1 fully saturated rings. The average molecular weight is 488 g/mol. The van der Waals surface area contributed by atoms with E-state index >= 15 is 0 Å². The number of carbonyl (C=O) groups is 2. The van der Waals surface area contributed by atoms with Crippen LogP contribution in [0, 0.1) is 10.1 Å². The maximum atomic E-state index is 14.1. The van der Waals surface area contributed by atoms with Gasteiger partial charge in [0.2, 0.25) is 11.8 Å². The van der Waals surface area contributed by atoms with Gasteiger partial charge in [-0.2, -0.15) is 0 Å². The van der Waals surface area contributed by atoms with E-state index in [1.807, 2.05) is 56.3 Å². The zero-order chi connectivity index (χ0) is 25.9. The minimum Gasteiger partial charge on any atom is -0.392 e. The van der Waals surface area contributed by atoms with E-state index in [2.05, 4.69) is 5.32 Å². The van der Waals surface area contributed by atoms with Crippen LogP contribution in [0.2, 0.25) is 0 Å². The summed E-state index contributed by atoms with van der Waals surface area (Å²) in [6.07, 6.45) is -0.0734. The molecule has 186 valence electrons. The molecule has 2 amide bonds. The molecule has 1 saturated heterocycles. The number of benzene rings is 3. The molecular formula is C28H29N3O5. The Hall–Kier alpha value is -4.04. The second-order valence-electron chi connectivity index (χ2n) is 9.32. The van der Waals surface area contributed by atoms with Crippen molar-refractivity contribution in [3.63, 3.8) is 0 Å². The summed E-state index contributed by atoms with van der Waals surface area (Å²) in [6.45, 7) is 3.96. The van der Waals surface area contributed by atoms with E-state index in [1.54, 1.807) is 29.2 Å². The van der Waals surface area contributed by atoms with E-state index in [1.165, 1.54) is 12.1 Å². The number of carbonyl (C=O) groups excluding carboxylic acids is 2. The van der Waals surface area contributed by atoms with E-state index < -0.39 is 16.4 Å². The van der Waals surface area contributed by atoms with Crippen LogP contribution >= 0.6 is 0 Å². The predicted molar refractivity (Wildman–Crippen MR) is 135 cm³/mol. The topological polar surface area (TPSA) is 113 Å². The first-order chi connectivity index (χ1) is 17.3. The monoisotopic (exact) mass is 487 g/mol. The van der Waals surface area contributed by atoms with Crippen LogP contribution in [-0.2, 0) is 28.2 Å². The van der Waals surface area contributed by atoms with Gasteiger partial charge in [-0.1, -0.05) is 66.7 Å². The summed E-state index contributed by atoms with van der Waals surface area (Å²) in [5.41, 5.74) is 1.51. The van der Waals surface area contributed by atoms with Crippen LogP contribution in [0.25, 0.3) is 0 Å². The number of nitro benzene ring substituents is 1. The van der Waals surface area contributed by atoms with Crippen LogP contribution < -0.4 is 5.32 Å². The summed E-state index contributed by atoms with van der Waals surface area (Å²) in [6, 6.07) is 21.8. The second kappa shape index (κ2) is 10.3. The summed E-state index contributed by atoms with van der Waals surface area (Å²) in [4.78, 5) is 40.1. The number of aliphatic hydroxyl groups excluding tert-OH is 1. The number of aliphatic hydroxyl groups is 1. The zero-order valence-corrected chi connectivity index (χ0v) is 20.3. The number of hydrogen-bond acceptors (Lipinski definition) is 5. The lowest BCUT2D eigenvalue weighted by Crippen LogP contribution is -2.49. The fraction of sp³-hybridized carbons (Fsp3) is 0.286. The van der Waals surface area contributed by atoms with Crippen molar-refractivity contribution < 1.29 is 19.6 Å². The SMILES string of the molecule is CC(C)N1C(=O)C[C@@](C(=O)NCc2ccccc2)(c2ccc([N+](=O)[O-])cc2)[C@H]1c1ccc(CO)cc1. The maximum Gasteiger partial charge on any atom is 0.269 e. The molecule has 36 heavy (non-hydrogen) atoms. The third-order valence-corrected chi connectivity index (χ3v) is 6.79. The van der Waals surface area contributed by atoms with Crippen LogP contribution in [0.5, 0.6) is 0 Å². The number of non-ortho nitro benzene ring substituents is 1. The third-order valence-electron chi connectivity index (χ3n) is 6.79. The summed E-state index contributed by atoms with van der Waals surface area (Å²) in [5.74, 6) is -0.498. The highest BCUT2D eigenvalue weighted by Crippen LogP contribution is 2.51. The predicted octanol–water partition coefficient (Wildman–Crippen LogP) is 4.02. The Bertz CT molecular complexity index is 1240. The first kappa shape index (κ1) is 25.1. The first-order valence-electron chi connectivity index (χ1n) is 11.9. The van der Waals surface area contributed by atoms with E-state index in [0.29, 0.717) is 11.1 Å². The van der Waals surface area contributed by atoms with Crippen molar-refractivity contribution in [1.29, 1.82) is 0 Å². The molecule has 0 radical (unpaired) electrons. The standard InChI is InChI=1S/C28H29N3O5/c1-19(2)30-25(33)16-28(23-12-14-24(15-13-23)31(35)36,26(30)22-10-8-21(18-32)9-11-22)27(34)29-17-20-6-4-3-5-7-20/h3-15,19,26,32H,16-18H2,1-2H3,(H,29,34)/t26-,28-/m1/s1. The van der Waals surface area contributed by atoms with Gasteiger partial charge >= 0.3 is 0 Å². The fourth-order valence-electron chi connectivity index (χ4n) is 5.06. The number of amides is 2. The summed E-state index contributed by atoms with van der Waals surface area (Å²) >= 11 is 0. The van der Waals surface area contributed by atoms with E-state index in [-0.39, 0.29) is 43.1 Å². The van der Waals surface area contributed by atoms with Gasteiger partial charge in [0.15, 0.2) is 0 Å². The van der Waals surface area contributed by atoms with Crippen LogP contribution in [0.3, 0.4) is 0 Å². The molecule has 4 rings (SSSR count). The molecule has 2 atom stereocenters. The molecule has 3 aromatic rings. The van der Waals surface area contributed by atoms with Crippen molar-refractivity contribution in [2.75, 3.05) is 0 Å². The number of likely N-dealkylation sites (tertiary alicyclic amines) is 1. The summed E-state index contributed by atoms with van der Waals surface area (Å²) in [7, 11) is 0. The number of nitro groups is 1. The van der Waals surface area contributed by atoms with Gasteiger partial charge < -0.3 is 15.3 Å². The molecule has 1 aliphatic heterocycles. The molecule has 0 unspecified atom stereocenters. The fourth-order valence-corrected chi connectivity index (χ4v) is 5.06. The molecule has 0 spiro atoms. The summed E-state index contributed by atoms with van der Waals surface area (Å²) < 4.78 is 0. The van der Waals surface area contributed by atoms with Gasteiger partial charge in [-0.05, 0) is 36.1 Å². The van der Waals surface area contributed by atoms with Crippen molar-refractivity contribution >= 4 is 17.5 Å². The van der Waals surface area contributed by atoms with Gasteiger partial charge in [-0.3, -0.25) is 19.7 Å². The molecule has 8 heteroatoms. The van der Waals surface area contributed by atoms with Gasteiger partial charge in [0.1, 0.15) is 5.41 Å². The molecule has 0 aliphatic carbocycles. The lowest BCUT2D eigenvalue weighted by Gasteiger charge is -2.39. The minimum atomic E-state index is -1.31. The van der Waals surface area contributed by atoms with E-state index in [0.717, 1.165) is 11.1 Å². The lowest BCUT2D eigenvalue weighted by molar-refractivity contribution is -0.384. The summed E-state index contributed by atoms with van der Waals surface area (Å²) in [5, 5.41) is 23.8. The number of rotatable bonds is 8. The smallest absolute Gasteiger partial charge is 0.269 e. The van der Waals surface area contributed by atoms with Crippen LogP contribution in [-0.4, -0.2) is 32.8 Å². The number of nitrogens with zero attached hydrogens (tertiary/aromatic N) is 2. The number of hydrogen-bond donors (Lipinski definition) is 2. The zero-order valence-electron chi connectivity index (χ0n) is 20.3. The molecule has 0 aromatic heterocycles. The van der Waals surface area contributed by atoms with E-state index in [4.69, 9.17) is 0 Å². The largest absolute Gasteiger partial charge is 0.392 e. The Morgan fingerprint density at radius 1 is 1.06 bits per heavy atom. The highest BCUT2D eigenvalue weighted by atomic mass is 16.6. The molecule has 3 aromatic carbocycles.